The Morgan fingerprint density at radius 2 is 1.15 bits per heavy atom. The van der Waals surface area contributed by atoms with Crippen molar-refractivity contribution in [1.82, 2.24) is 4.90 Å². The van der Waals surface area contributed by atoms with Crippen LogP contribution in [-0.4, -0.2) is 30.5 Å². The lowest BCUT2D eigenvalue weighted by atomic mass is 10.0. The second kappa shape index (κ2) is 20.6. The van der Waals surface area contributed by atoms with Gasteiger partial charge in [-0.15, -0.1) is 11.8 Å². The molecule has 27 heavy (non-hydrogen) atoms. The molecule has 1 heterocycles. The van der Waals surface area contributed by atoms with E-state index in [0.717, 1.165) is 32.1 Å². The average molecular weight is 398 g/mol. The molecule has 0 saturated heterocycles. The van der Waals surface area contributed by atoms with Crippen LogP contribution < -0.4 is 0 Å². The highest BCUT2D eigenvalue weighted by Crippen LogP contribution is 2.15. The van der Waals surface area contributed by atoms with E-state index in [0.29, 0.717) is 0 Å². The molecule has 0 atom stereocenters. The summed E-state index contributed by atoms with van der Waals surface area (Å²) in [5.41, 5.74) is 0. The number of thioether (sulfide) groups is 1. The van der Waals surface area contributed by atoms with Crippen LogP contribution in [-0.2, 0) is 4.74 Å². The van der Waals surface area contributed by atoms with Gasteiger partial charge in [-0.1, -0.05) is 103 Å². The first-order valence-corrected chi connectivity index (χ1v) is 13.1. The van der Waals surface area contributed by atoms with E-state index in [1.807, 2.05) is 11.8 Å². The minimum absolute atomic E-state index is 0.924. The second-order valence-electron chi connectivity index (χ2n) is 8.16. The summed E-state index contributed by atoms with van der Waals surface area (Å²) >= 11 is 1.88. The predicted molar refractivity (Wildman–Crippen MR) is 123 cm³/mol. The first-order chi connectivity index (χ1) is 13.4. The van der Waals surface area contributed by atoms with E-state index in [2.05, 4.69) is 23.4 Å². The van der Waals surface area contributed by atoms with Gasteiger partial charge in [-0.3, -0.25) is 0 Å². The minimum Gasteiger partial charge on any atom is -0.381 e. The molecule has 0 bridgehead atoms. The van der Waals surface area contributed by atoms with Crippen molar-refractivity contribution in [2.75, 3.05) is 25.6 Å². The van der Waals surface area contributed by atoms with Crippen LogP contribution in [0.15, 0.2) is 11.6 Å². The molecule has 0 aromatic heterocycles. The van der Waals surface area contributed by atoms with Crippen molar-refractivity contribution in [3.05, 3.63) is 11.6 Å². The van der Waals surface area contributed by atoms with Crippen molar-refractivity contribution in [2.45, 2.75) is 116 Å². The third-order valence-electron chi connectivity index (χ3n) is 5.48. The molecule has 0 unspecified atom stereocenters. The molecule has 0 aromatic carbocycles. The molecule has 1 rings (SSSR count). The summed E-state index contributed by atoms with van der Waals surface area (Å²) in [6.45, 7) is 5.32. The zero-order valence-corrected chi connectivity index (χ0v) is 19.1. The monoisotopic (exact) mass is 397 g/mol. The Balaban J connectivity index is 1.62. The fourth-order valence-corrected chi connectivity index (χ4v) is 4.42. The maximum absolute atomic E-state index is 5.76. The van der Waals surface area contributed by atoms with E-state index in [-0.39, 0.29) is 0 Å². The summed E-state index contributed by atoms with van der Waals surface area (Å²) < 4.78 is 5.76. The van der Waals surface area contributed by atoms with Gasteiger partial charge in [0.25, 0.3) is 0 Å². The molecule has 2 nitrogen and oxygen atoms in total. The van der Waals surface area contributed by atoms with Gasteiger partial charge in [-0.2, -0.15) is 0 Å². The third kappa shape index (κ3) is 17.7. The quantitative estimate of drug-likeness (QED) is 0.181. The van der Waals surface area contributed by atoms with Gasteiger partial charge in [0.1, 0.15) is 0 Å². The summed E-state index contributed by atoms with van der Waals surface area (Å²) in [5.74, 6) is 1.12. The van der Waals surface area contributed by atoms with Crippen molar-refractivity contribution < 1.29 is 4.74 Å². The van der Waals surface area contributed by atoms with Crippen LogP contribution in [0.25, 0.3) is 0 Å². The van der Waals surface area contributed by atoms with Gasteiger partial charge in [-0.25, -0.2) is 0 Å². The number of ether oxygens (including phenoxy) is 1. The molecular formula is C24H47NOS. The van der Waals surface area contributed by atoms with Crippen molar-refractivity contribution in [1.29, 1.82) is 0 Å². The van der Waals surface area contributed by atoms with Crippen LogP contribution in [0.1, 0.15) is 116 Å². The Labute approximate surface area is 174 Å². The van der Waals surface area contributed by atoms with E-state index >= 15 is 0 Å². The van der Waals surface area contributed by atoms with Gasteiger partial charge >= 0.3 is 0 Å². The zero-order chi connectivity index (χ0) is 19.3. The molecule has 0 radical (unpaired) electrons. The number of unbranched alkanes of at least 4 members (excludes halogenated alkanes) is 15. The fraction of sp³-hybridized carbons (Fsp3) is 0.917. The molecule has 1 aliphatic heterocycles. The van der Waals surface area contributed by atoms with Crippen LogP contribution in [0.2, 0.25) is 0 Å². The number of rotatable bonds is 21. The first-order valence-electron chi connectivity index (χ1n) is 12.0. The molecule has 160 valence electrons. The largest absolute Gasteiger partial charge is 0.381 e. The lowest BCUT2D eigenvalue weighted by Gasteiger charge is -2.13. The smallest absolute Gasteiger partial charge is 0.0675 e. The number of hydrogen-bond acceptors (Lipinski definition) is 3. The molecule has 0 aromatic rings. The van der Waals surface area contributed by atoms with Gasteiger partial charge in [-0.05, 0) is 18.2 Å². The maximum Gasteiger partial charge on any atom is 0.0675 e. The van der Waals surface area contributed by atoms with Crippen molar-refractivity contribution in [3.8, 4) is 0 Å². The van der Waals surface area contributed by atoms with E-state index in [9.17, 15) is 0 Å². The highest BCUT2D eigenvalue weighted by Gasteiger charge is 2.03. The maximum atomic E-state index is 5.76. The normalized spacial score (nSPS) is 13.7. The van der Waals surface area contributed by atoms with E-state index < -0.39 is 0 Å². The fourth-order valence-electron chi connectivity index (χ4n) is 3.67. The van der Waals surface area contributed by atoms with Gasteiger partial charge in [0.2, 0.25) is 0 Å². The Kier molecular flexibility index (Phi) is 19.0. The molecule has 1 aliphatic rings. The van der Waals surface area contributed by atoms with E-state index in [1.54, 1.807) is 0 Å². The summed E-state index contributed by atoms with van der Waals surface area (Å²) in [6.07, 6.45) is 26.2. The molecule has 0 saturated carbocycles. The van der Waals surface area contributed by atoms with Crippen LogP contribution in [0.5, 0.6) is 0 Å². The molecule has 3 heteroatoms. The van der Waals surface area contributed by atoms with Gasteiger partial charge < -0.3 is 9.64 Å². The topological polar surface area (TPSA) is 12.5 Å². The van der Waals surface area contributed by atoms with Crippen molar-refractivity contribution in [3.63, 3.8) is 0 Å². The Bertz CT molecular complexity index is 322. The van der Waals surface area contributed by atoms with E-state index in [4.69, 9.17) is 4.74 Å². The standard InChI is InChI=1S/C24H47NOS/c1-2-3-4-5-6-7-8-9-10-11-12-13-14-15-16-17-21-26-22-18-19-25-20-23-27-24-25/h20,23H,2-19,21-22,24H2,1H3. The Morgan fingerprint density at radius 1 is 0.667 bits per heavy atom. The Hall–Kier alpha value is -0.150. The molecule has 0 fully saturated rings. The first kappa shape index (κ1) is 24.9. The highest BCUT2D eigenvalue weighted by atomic mass is 32.2. The molecule has 0 spiro atoms. The molecule has 0 N–H and O–H groups in total. The van der Waals surface area contributed by atoms with E-state index in [1.165, 1.54) is 103 Å². The average Bonchev–Trinajstić information content (AvgIpc) is 3.20. The van der Waals surface area contributed by atoms with Crippen LogP contribution in [0.4, 0.5) is 0 Å². The summed E-state index contributed by atoms with van der Waals surface area (Å²) in [5, 5.41) is 2.18. The zero-order valence-electron chi connectivity index (χ0n) is 18.3. The number of hydrogen-bond donors (Lipinski definition) is 0. The van der Waals surface area contributed by atoms with Gasteiger partial charge in [0, 0.05) is 26.0 Å². The summed E-state index contributed by atoms with van der Waals surface area (Å²) in [4.78, 5) is 2.36. The minimum atomic E-state index is 0.924. The molecule has 0 aliphatic carbocycles. The molecule has 0 amide bonds. The van der Waals surface area contributed by atoms with Crippen molar-refractivity contribution in [2.24, 2.45) is 0 Å². The second-order valence-corrected chi connectivity index (χ2v) is 9.03. The summed E-state index contributed by atoms with van der Waals surface area (Å²) in [6, 6.07) is 0. The van der Waals surface area contributed by atoms with Crippen LogP contribution >= 0.6 is 11.8 Å². The van der Waals surface area contributed by atoms with Gasteiger partial charge in [0.15, 0.2) is 0 Å². The van der Waals surface area contributed by atoms with Gasteiger partial charge in [0.05, 0.1) is 5.88 Å². The Morgan fingerprint density at radius 3 is 1.63 bits per heavy atom. The van der Waals surface area contributed by atoms with Crippen LogP contribution in [0, 0.1) is 0 Å². The van der Waals surface area contributed by atoms with Crippen molar-refractivity contribution >= 4 is 11.8 Å². The summed E-state index contributed by atoms with van der Waals surface area (Å²) in [7, 11) is 0. The predicted octanol–water partition coefficient (Wildman–Crippen LogP) is 8.13. The number of nitrogens with zero attached hydrogens (tertiary/aromatic N) is 1. The lowest BCUT2D eigenvalue weighted by Crippen LogP contribution is -2.16. The SMILES string of the molecule is CCCCCCCCCCCCCCCCCCOCCCN1C=CSC1. The highest BCUT2D eigenvalue weighted by molar-refractivity contribution is 8.02. The lowest BCUT2D eigenvalue weighted by molar-refractivity contribution is 0.123. The van der Waals surface area contributed by atoms with Crippen LogP contribution in [0.3, 0.4) is 0 Å². The third-order valence-corrected chi connectivity index (χ3v) is 6.28. The molecular weight excluding hydrogens is 350 g/mol.